The second-order valence-corrected chi connectivity index (χ2v) is 2.88. The second kappa shape index (κ2) is 4.35. The summed E-state index contributed by atoms with van der Waals surface area (Å²) in [7, 11) is 0. The van der Waals surface area contributed by atoms with Crippen molar-refractivity contribution in [1.82, 2.24) is 0 Å². The molecule has 0 saturated heterocycles. The number of benzene rings is 1. The van der Waals surface area contributed by atoms with Crippen molar-refractivity contribution < 1.29 is 13.9 Å². The van der Waals surface area contributed by atoms with Gasteiger partial charge in [0.15, 0.2) is 5.83 Å². The molecule has 0 saturated carbocycles. The summed E-state index contributed by atoms with van der Waals surface area (Å²) in [5.41, 5.74) is 0.260. The fourth-order valence-corrected chi connectivity index (χ4v) is 0.990. The number of aliphatic hydroxyl groups excluding tert-OH is 1. The van der Waals surface area contributed by atoms with E-state index in [0.29, 0.717) is 5.02 Å². The number of aliphatic hydroxyl groups is 1. The third-order valence-electron chi connectivity index (χ3n) is 1.55. The average Bonchev–Trinajstić information content (AvgIpc) is 2.17. The zero-order valence-corrected chi connectivity index (χ0v) is 7.30. The molecule has 0 bridgehead atoms. The predicted octanol–water partition coefficient (Wildman–Crippen LogP) is 3.15. The van der Waals surface area contributed by atoms with Gasteiger partial charge >= 0.3 is 0 Å². The monoisotopic (exact) mass is 204 g/mol. The molecule has 1 rings (SSSR count). The SMILES string of the molecule is OC(/C(F)=C/F)c1ccc(Cl)cc1. The molecule has 0 fully saturated rings. The minimum absolute atomic E-state index is 0.260. The summed E-state index contributed by atoms with van der Waals surface area (Å²) in [6.07, 6.45) is -1.82. The van der Waals surface area contributed by atoms with E-state index in [1.165, 1.54) is 24.3 Å². The molecule has 0 aliphatic rings. The molecule has 0 radical (unpaired) electrons. The molecule has 0 heterocycles. The van der Waals surface area contributed by atoms with Crippen molar-refractivity contribution in [1.29, 1.82) is 0 Å². The van der Waals surface area contributed by atoms with Crippen molar-refractivity contribution in [2.75, 3.05) is 0 Å². The third kappa shape index (κ3) is 2.50. The van der Waals surface area contributed by atoms with Crippen molar-refractivity contribution in [3.63, 3.8) is 0 Å². The van der Waals surface area contributed by atoms with Gasteiger partial charge in [-0.2, -0.15) is 0 Å². The highest BCUT2D eigenvalue weighted by atomic mass is 35.5. The zero-order valence-electron chi connectivity index (χ0n) is 6.55. The maximum absolute atomic E-state index is 12.5. The quantitative estimate of drug-likeness (QED) is 0.785. The summed E-state index contributed by atoms with van der Waals surface area (Å²) in [6, 6.07) is 5.84. The highest BCUT2D eigenvalue weighted by Gasteiger charge is 2.12. The molecule has 1 N–H and O–H groups in total. The van der Waals surface area contributed by atoms with Crippen LogP contribution in [0.25, 0.3) is 0 Å². The maximum Gasteiger partial charge on any atom is 0.161 e. The van der Waals surface area contributed by atoms with Gasteiger partial charge in [-0.15, -0.1) is 0 Å². The number of rotatable bonds is 2. The van der Waals surface area contributed by atoms with Gasteiger partial charge in [-0.1, -0.05) is 23.7 Å². The molecule has 1 aromatic rings. The zero-order chi connectivity index (χ0) is 9.84. The van der Waals surface area contributed by atoms with E-state index < -0.39 is 11.9 Å². The first-order chi connectivity index (χ1) is 6.15. The minimum atomic E-state index is -1.55. The largest absolute Gasteiger partial charge is 0.381 e. The Hall–Kier alpha value is -0.930. The first-order valence-corrected chi connectivity index (χ1v) is 3.92. The van der Waals surface area contributed by atoms with Crippen molar-refractivity contribution in [2.45, 2.75) is 6.10 Å². The summed E-state index contributed by atoms with van der Waals surface area (Å²) in [4.78, 5) is 0. The highest BCUT2D eigenvalue weighted by Crippen LogP contribution is 2.23. The molecule has 0 aliphatic heterocycles. The van der Waals surface area contributed by atoms with Crippen LogP contribution in [0.1, 0.15) is 11.7 Å². The van der Waals surface area contributed by atoms with Gasteiger partial charge in [0.25, 0.3) is 0 Å². The van der Waals surface area contributed by atoms with Crippen LogP contribution in [0.2, 0.25) is 5.02 Å². The van der Waals surface area contributed by atoms with Crippen LogP contribution < -0.4 is 0 Å². The third-order valence-corrected chi connectivity index (χ3v) is 1.80. The van der Waals surface area contributed by atoms with Gasteiger partial charge in [0.05, 0.1) is 0 Å². The summed E-state index contributed by atoms with van der Waals surface area (Å²) in [6.45, 7) is 0. The van der Waals surface area contributed by atoms with Gasteiger partial charge in [-0.25, -0.2) is 8.78 Å². The van der Waals surface area contributed by atoms with Crippen molar-refractivity contribution in [2.24, 2.45) is 0 Å². The molecule has 0 aliphatic carbocycles. The maximum atomic E-state index is 12.5. The van der Waals surface area contributed by atoms with E-state index in [9.17, 15) is 8.78 Å². The summed E-state index contributed by atoms with van der Waals surface area (Å²) in [5.74, 6) is -1.22. The molecule has 70 valence electrons. The Labute approximate surface area is 79.3 Å². The first-order valence-electron chi connectivity index (χ1n) is 3.54. The lowest BCUT2D eigenvalue weighted by atomic mass is 10.1. The standard InChI is InChI=1S/C9H7ClF2O/c10-7-3-1-6(2-4-7)9(13)8(12)5-11/h1-5,9,13H/b8-5-. The number of hydrogen-bond acceptors (Lipinski definition) is 1. The Bertz CT molecular complexity index is 308. The fraction of sp³-hybridized carbons (Fsp3) is 0.111. The van der Waals surface area contributed by atoms with Gasteiger partial charge in [0.2, 0.25) is 0 Å². The van der Waals surface area contributed by atoms with Gasteiger partial charge in [-0.05, 0) is 17.7 Å². The topological polar surface area (TPSA) is 20.2 Å². The van der Waals surface area contributed by atoms with Gasteiger partial charge in [-0.3, -0.25) is 0 Å². The Morgan fingerprint density at radius 1 is 1.38 bits per heavy atom. The Morgan fingerprint density at radius 3 is 2.38 bits per heavy atom. The molecule has 0 aromatic heterocycles. The van der Waals surface area contributed by atoms with Crippen LogP contribution in [0.4, 0.5) is 8.78 Å². The van der Waals surface area contributed by atoms with E-state index in [2.05, 4.69) is 0 Å². The normalized spacial score (nSPS) is 14.3. The molecular formula is C9H7ClF2O. The molecule has 13 heavy (non-hydrogen) atoms. The highest BCUT2D eigenvalue weighted by molar-refractivity contribution is 6.30. The minimum Gasteiger partial charge on any atom is -0.381 e. The van der Waals surface area contributed by atoms with E-state index in [-0.39, 0.29) is 11.9 Å². The van der Waals surface area contributed by atoms with Gasteiger partial charge in [0.1, 0.15) is 12.4 Å². The Balaban J connectivity index is 2.89. The van der Waals surface area contributed by atoms with Crippen molar-refractivity contribution in [3.05, 3.63) is 47.0 Å². The Kier molecular flexibility index (Phi) is 3.39. The second-order valence-electron chi connectivity index (χ2n) is 2.45. The average molecular weight is 205 g/mol. The van der Waals surface area contributed by atoms with Gasteiger partial charge < -0.3 is 5.11 Å². The van der Waals surface area contributed by atoms with E-state index in [4.69, 9.17) is 16.7 Å². The first kappa shape index (κ1) is 10.2. The van der Waals surface area contributed by atoms with Crippen LogP contribution >= 0.6 is 11.6 Å². The summed E-state index contributed by atoms with van der Waals surface area (Å²) >= 11 is 5.57. The van der Waals surface area contributed by atoms with Crippen molar-refractivity contribution >= 4 is 11.6 Å². The van der Waals surface area contributed by atoms with E-state index in [1.807, 2.05) is 0 Å². The lowest BCUT2D eigenvalue weighted by Crippen LogP contribution is -1.96. The molecule has 1 nitrogen and oxygen atoms in total. The molecule has 0 amide bonds. The van der Waals surface area contributed by atoms with Crippen LogP contribution in [0.3, 0.4) is 0 Å². The van der Waals surface area contributed by atoms with Crippen LogP contribution in [0.15, 0.2) is 36.4 Å². The molecular weight excluding hydrogens is 198 g/mol. The fourth-order valence-electron chi connectivity index (χ4n) is 0.864. The number of hydrogen-bond donors (Lipinski definition) is 1. The van der Waals surface area contributed by atoms with Crippen molar-refractivity contribution in [3.8, 4) is 0 Å². The van der Waals surface area contributed by atoms with E-state index in [0.717, 1.165) is 0 Å². The Morgan fingerprint density at radius 2 is 1.92 bits per heavy atom. The van der Waals surface area contributed by atoms with Crippen LogP contribution in [-0.2, 0) is 0 Å². The molecule has 1 aromatic carbocycles. The lowest BCUT2D eigenvalue weighted by molar-refractivity contribution is 0.183. The molecule has 1 atom stereocenters. The smallest absolute Gasteiger partial charge is 0.161 e. The molecule has 4 heteroatoms. The van der Waals surface area contributed by atoms with E-state index in [1.54, 1.807) is 0 Å². The molecule has 0 spiro atoms. The van der Waals surface area contributed by atoms with Crippen LogP contribution in [0, 0.1) is 0 Å². The van der Waals surface area contributed by atoms with Gasteiger partial charge in [0, 0.05) is 5.02 Å². The predicted molar refractivity (Wildman–Crippen MR) is 46.7 cm³/mol. The van der Waals surface area contributed by atoms with Crippen LogP contribution in [-0.4, -0.2) is 5.11 Å². The van der Waals surface area contributed by atoms with Crippen LogP contribution in [0.5, 0.6) is 0 Å². The molecule has 1 unspecified atom stereocenters. The number of halogens is 3. The van der Waals surface area contributed by atoms with E-state index >= 15 is 0 Å². The lowest BCUT2D eigenvalue weighted by Gasteiger charge is -2.06. The summed E-state index contributed by atoms with van der Waals surface area (Å²) in [5, 5.41) is 9.63. The summed E-state index contributed by atoms with van der Waals surface area (Å²) < 4.78 is 24.2.